The first kappa shape index (κ1) is 54.2. The molecule has 9 rings (SSSR count). The number of unbranched alkanes of at least 4 members (excludes halogenated alkanes) is 2. The number of amides is 2. The van der Waals surface area contributed by atoms with Gasteiger partial charge < -0.3 is 59.1 Å². The molecule has 3 N–H and O–H groups in total. The summed E-state index contributed by atoms with van der Waals surface area (Å²) in [7, 11) is 5.30. The third kappa shape index (κ3) is 13.1. The smallest absolute Gasteiger partial charge is 0.256 e. The van der Waals surface area contributed by atoms with Crippen LogP contribution in [0.3, 0.4) is 0 Å². The molecular formula is C61H76N6O9. The Morgan fingerprint density at radius 1 is 0.671 bits per heavy atom. The first-order valence-electron chi connectivity index (χ1n) is 27.2. The second kappa shape index (κ2) is 25.9. The molecule has 0 saturated carbocycles. The van der Waals surface area contributed by atoms with Gasteiger partial charge in [0.1, 0.15) is 24.7 Å². The Bertz CT molecular complexity index is 2820. The van der Waals surface area contributed by atoms with E-state index in [0.29, 0.717) is 132 Å². The molecule has 76 heavy (non-hydrogen) atoms. The predicted molar refractivity (Wildman–Crippen MR) is 296 cm³/mol. The fraction of sp³-hybridized carbons (Fsp3) is 0.459. The molecule has 0 aromatic heterocycles. The Kier molecular flexibility index (Phi) is 18.5. The summed E-state index contributed by atoms with van der Waals surface area (Å²) in [6.07, 6.45) is 6.03. The molecule has 0 saturated heterocycles. The quantitative estimate of drug-likeness (QED) is 0.0509. The van der Waals surface area contributed by atoms with E-state index in [4.69, 9.17) is 34.2 Å². The van der Waals surface area contributed by atoms with Crippen molar-refractivity contribution in [3.05, 3.63) is 141 Å². The van der Waals surface area contributed by atoms with Crippen molar-refractivity contribution in [2.24, 2.45) is 5.73 Å². The molecule has 4 aliphatic rings. The number of rotatable bonds is 26. The Balaban J connectivity index is 0.972. The number of fused-ring (bicyclic) bond motifs is 6. The van der Waals surface area contributed by atoms with Crippen LogP contribution in [-0.4, -0.2) is 127 Å². The number of ether oxygens (including phenoxy) is 6. The molecule has 0 bridgehead atoms. The Labute approximate surface area is 448 Å². The molecule has 2 atom stereocenters. The van der Waals surface area contributed by atoms with Gasteiger partial charge in [-0.25, -0.2) is 0 Å². The van der Waals surface area contributed by atoms with E-state index in [1.165, 1.54) is 22.3 Å². The highest BCUT2D eigenvalue weighted by atomic mass is 16.5. The average Bonchev–Trinajstić information content (AvgIpc) is 3.63. The minimum absolute atomic E-state index is 0.00865. The summed E-state index contributed by atoms with van der Waals surface area (Å²) in [4.78, 5) is 50.1. The molecule has 15 nitrogen and oxygen atoms in total. The Morgan fingerprint density at radius 3 is 2.00 bits per heavy atom. The number of hydrogen-bond acceptors (Lipinski definition) is 13. The van der Waals surface area contributed by atoms with E-state index in [0.717, 1.165) is 60.2 Å². The highest BCUT2D eigenvalue weighted by molar-refractivity contribution is 6.02. The van der Waals surface area contributed by atoms with Crippen molar-refractivity contribution in [3.63, 3.8) is 0 Å². The van der Waals surface area contributed by atoms with Crippen LogP contribution in [0.4, 0.5) is 17.1 Å². The van der Waals surface area contributed by atoms with Crippen molar-refractivity contribution >= 4 is 34.7 Å². The molecule has 2 amide bonds. The lowest BCUT2D eigenvalue weighted by molar-refractivity contribution is -0.119. The minimum Gasteiger partial charge on any atom is -0.493 e. The Hall–Kier alpha value is -6.65. The number of aryl methyl sites for hydroxylation is 1. The second-order valence-corrected chi connectivity index (χ2v) is 20.6. The van der Waals surface area contributed by atoms with Crippen molar-refractivity contribution < 1.29 is 42.8 Å². The molecule has 404 valence electrons. The molecule has 4 heterocycles. The van der Waals surface area contributed by atoms with E-state index in [1.54, 1.807) is 20.3 Å². The molecule has 15 heteroatoms. The topological polar surface area (TPSA) is 158 Å². The summed E-state index contributed by atoms with van der Waals surface area (Å²) >= 11 is 0. The van der Waals surface area contributed by atoms with Gasteiger partial charge in [-0.15, -0.1) is 0 Å². The van der Waals surface area contributed by atoms with Gasteiger partial charge in [0.25, 0.3) is 11.8 Å². The summed E-state index contributed by atoms with van der Waals surface area (Å²) in [5.74, 6) is 1.93. The molecule has 0 aliphatic carbocycles. The van der Waals surface area contributed by atoms with Crippen LogP contribution in [-0.2, 0) is 58.2 Å². The largest absolute Gasteiger partial charge is 0.493 e. The SMILES string of the molecule is COCCOCCOCCN(CCCC(=O)CCCCCN)c1cc(COc2cc3c(cc2C)C(=O)N2Cc4ccccc4C[C@H]2CN3C)cc(COc2cc3c(cc2OC)C(=O)N2Cc4ccccc4C[C@H]2CN3)c1. The van der Waals surface area contributed by atoms with Crippen LogP contribution < -0.4 is 35.1 Å². The van der Waals surface area contributed by atoms with E-state index >= 15 is 0 Å². The van der Waals surface area contributed by atoms with Crippen molar-refractivity contribution in [2.75, 3.05) is 102 Å². The van der Waals surface area contributed by atoms with Crippen molar-refractivity contribution in [1.29, 1.82) is 0 Å². The van der Waals surface area contributed by atoms with Gasteiger partial charge in [-0.05, 0) is 115 Å². The molecule has 0 spiro atoms. The monoisotopic (exact) mass is 1040 g/mol. The predicted octanol–water partition coefficient (Wildman–Crippen LogP) is 8.53. The summed E-state index contributed by atoms with van der Waals surface area (Å²) in [6, 6.07) is 30.9. The highest BCUT2D eigenvalue weighted by Gasteiger charge is 2.37. The lowest BCUT2D eigenvalue weighted by Gasteiger charge is -2.36. The van der Waals surface area contributed by atoms with Gasteiger partial charge in [-0.2, -0.15) is 0 Å². The van der Waals surface area contributed by atoms with Gasteiger partial charge in [-0.3, -0.25) is 14.4 Å². The van der Waals surface area contributed by atoms with Gasteiger partial charge in [0, 0.05) is 84.1 Å². The van der Waals surface area contributed by atoms with Crippen LogP contribution in [0, 0.1) is 6.92 Å². The molecular weight excluding hydrogens is 961 g/mol. The number of carbonyl (C=O) groups is 3. The summed E-state index contributed by atoms with van der Waals surface area (Å²) in [5, 5.41) is 3.58. The van der Waals surface area contributed by atoms with E-state index < -0.39 is 0 Å². The van der Waals surface area contributed by atoms with Crippen LogP contribution in [0.5, 0.6) is 17.2 Å². The summed E-state index contributed by atoms with van der Waals surface area (Å²) < 4.78 is 36.2. The summed E-state index contributed by atoms with van der Waals surface area (Å²) in [6.45, 7) is 9.07. The van der Waals surface area contributed by atoms with Crippen LogP contribution in [0.25, 0.3) is 0 Å². The number of likely N-dealkylation sites (N-methyl/N-ethyl adjacent to an activating group) is 1. The maximum absolute atomic E-state index is 14.3. The van der Waals surface area contributed by atoms with Crippen LogP contribution >= 0.6 is 0 Å². The van der Waals surface area contributed by atoms with Gasteiger partial charge in [0.05, 0.1) is 74.7 Å². The molecule has 0 unspecified atom stereocenters. The standard InChI is InChI=1S/C61H76N6O9/c1-42-27-54-56(64(2)39-51-32-46-14-8-10-16-48(46)38-67(51)61(54)70)35-57(42)75-40-43-28-44(30-49(29-43)65(21-22-73-25-26-74-24-23-71-3)20-12-18-52(68)17-6-5-11-19-62)41-76-59-34-55-53(33-58(59)72-4)60(69)66-37-47-15-9-7-13-45(47)31-50(66)36-63-55/h7-10,13-16,27-30,33-35,50-51,63H,5-6,11-12,17-26,31-32,36-41,62H2,1-4H3/t50-,51-/m0/s1. The minimum atomic E-state index is -0.0394. The zero-order valence-electron chi connectivity index (χ0n) is 44.9. The van der Waals surface area contributed by atoms with Crippen molar-refractivity contribution in [3.8, 4) is 17.2 Å². The molecule has 4 aliphatic heterocycles. The molecule has 0 radical (unpaired) electrons. The number of Topliss-reactive ketones (excluding diaryl/α,β-unsaturated/α-hetero) is 1. The van der Waals surface area contributed by atoms with Gasteiger partial charge in [0.2, 0.25) is 0 Å². The third-order valence-electron chi connectivity index (χ3n) is 15.3. The van der Waals surface area contributed by atoms with E-state index in [1.807, 2.05) is 47.1 Å². The van der Waals surface area contributed by atoms with Gasteiger partial charge >= 0.3 is 0 Å². The first-order valence-corrected chi connectivity index (χ1v) is 27.2. The molecule has 5 aromatic rings. The average molecular weight is 1040 g/mol. The lowest BCUT2D eigenvalue weighted by atomic mass is 9.93. The lowest BCUT2D eigenvalue weighted by Crippen LogP contribution is -2.47. The van der Waals surface area contributed by atoms with Crippen LogP contribution in [0.15, 0.2) is 91.0 Å². The van der Waals surface area contributed by atoms with Crippen LogP contribution in [0.1, 0.15) is 98.2 Å². The van der Waals surface area contributed by atoms with E-state index in [9.17, 15) is 14.4 Å². The number of nitrogens with zero attached hydrogens (tertiary/aromatic N) is 4. The fourth-order valence-electron chi connectivity index (χ4n) is 11.1. The number of hydrogen-bond donors (Lipinski definition) is 2. The normalized spacial score (nSPS) is 16.5. The second-order valence-electron chi connectivity index (χ2n) is 20.6. The van der Waals surface area contributed by atoms with Gasteiger partial charge in [-0.1, -0.05) is 55.0 Å². The fourth-order valence-corrected chi connectivity index (χ4v) is 11.1. The Morgan fingerprint density at radius 2 is 1.30 bits per heavy atom. The highest BCUT2D eigenvalue weighted by Crippen LogP contribution is 2.40. The maximum atomic E-state index is 14.3. The number of anilines is 3. The summed E-state index contributed by atoms with van der Waals surface area (Å²) in [5.41, 5.74) is 17.1. The first-order chi connectivity index (χ1) is 37.1. The maximum Gasteiger partial charge on any atom is 0.256 e. The van der Waals surface area contributed by atoms with E-state index in [-0.39, 0.29) is 42.9 Å². The number of nitrogens with one attached hydrogen (secondary N) is 1. The zero-order chi connectivity index (χ0) is 53.0. The van der Waals surface area contributed by atoms with Crippen molar-refractivity contribution in [1.82, 2.24) is 9.80 Å². The zero-order valence-corrected chi connectivity index (χ0v) is 44.9. The number of nitrogens with two attached hydrogens (primary N) is 1. The number of methoxy groups -OCH3 is 2. The van der Waals surface area contributed by atoms with Crippen LogP contribution in [0.2, 0.25) is 0 Å². The molecule has 5 aromatic carbocycles. The third-order valence-corrected chi connectivity index (χ3v) is 15.3. The number of benzene rings is 5. The number of ketones is 1. The van der Waals surface area contributed by atoms with Gasteiger partial charge in [0.15, 0.2) is 11.5 Å². The van der Waals surface area contributed by atoms with E-state index in [2.05, 4.69) is 76.8 Å². The molecule has 0 fully saturated rings. The number of carbonyl (C=O) groups excluding carboxylic acids is 3. The van der Waals surface area contributed by atoms with Crippen molar-refractivity contribution in [2.45, 2.75) is 96.7 Å².